The molecule has 0 saturated carbocycles. The second-order valence-corrected chi connectivity index (χ2v) is 5.97. The third-order valence-electron chi connectivity index (χ3n) is 3.58. The van der Waals surface area contributed by atoms with E-state index in [1.165, 1.54) is 13.0 Å². The van der Waals surface area contributed by atoms with Crippen LogP contribution in [0.25, 0.3) is 6.08 Å². The lowest BCUT2D eigenvalue weighted by molar-refractivity contribution is -0.148. The number of hydrogen-bond acceptors (Lipinski definition) is 4. The van der Waals surface area contributed by atoms with E-state index in [0.29, 0.717) is 16.3 Å². The first kappa shape index (κ1) is 19.2. The monoisotopic (exact) mass is 368 g/mol. The molecule has 0 heterocycles. The molecule has 1 N–H and O–H groups in total. The van der Waals surface area contributed by atoms with Crippen molar-refractivity contribution in [1.29, 1.82) is 5.26 Å². The number of para-hydroxylation sites is 1. The summed E-state index contributed by atoms with van der Waals surface area (Å²) in [5, 5.41) is 12.2. The number of nitrogens with one attached hydrogen (secondary N) is 1. The Bertz CT molecular complexity index is 900. The Balaban J connectivity index is 1.95. The second kappa shape index (κ2) is 8.84. The van der Waals surface area contributed by atoms with Gasteiger partial charge >= 0.3 is 5.97 Å². The van der Waals surface area contributed by atoms with E-state index in [1.807, 2.05) is 25.1 Å². The lowest BCUT2D eigenvalue weighted by Gasteiger charge is -2.13. The molecule has 0 saturated heterocycles. The van der Waals surface area contributed by atoms with Crippen LogP contribution >= 0.6 is 11.6 Å². The number of nitriles is 1. The molecule has 0 aliphatic heterocycles. The van der Waals surface area contributed by atoms with Crippen LogP contribution in [0.15, 0.2) is 48.5 Å². The van der Waals surface area contributed by atoms with Crippen molar-refractivity contribution >= 4 is 35.2 Å². The Morgan fingerprint density at radius 2 is 2.00 bits per heavy atom. The zero-order valence-corrected chi connectivity index (χ0v) is 15.1. The van der Waals surface area contributed by atoms with E-state index in [1.54, 1.807) is 36.4 Å². The molecule has 5 nitrogen and oxygen atoms in total. The standard InChI is InChI=1S/C20H17ClN2O3/c1-13-7-8-15(11-17(13)21)9-10-19(24)26-14(2)20(25)23-18-6-4-3-5-16(18)12-22/h3-11,14H,1-2H3,(H,23,25)/b10-9+/t14-/m1/s1. The van der Waals surface area contributed by atoms with Gasteiger partial charge in [-0.1, -0.05) is 35.9 Å². The van der Waals surface area contributed by atoms with Gasteiger partial charge in [-0.3, -0.25) is 4.79 Å². The first-order chi connectivity index (χ1) is 12.4. The molecule has 132 valence electrons. The molecule has 0 bridgehead atoms. The predicted octanol–water partition coefficient (Wildman–Crippen LogP) is 4.10. The summed E-state index contributed by atoms with van der Waals surface area (Å²) in [7, 11) is 0. The largest absolute Gasteiger partial charge is 0.449 e. The third-order valence-corrected chi connectivity index (χ3v) is 3.98. The smallest absolute Gasteiger partial charge is 0.331 e. The molecule has 1 atom stereocenters. The van der Waals surface area contributed by atoms with Crippen LogP contribution in [-0.2, 0) is 14.3 Å². The van der Waals surface area contributed by atoms with Crippen LogP contribution in [0, 0.1) is 18.3 Å². The van der Waals surface area contributed by atoms with E-state index in [9.17, 15) is 9.59 Å². The summed E-state index contributed by atoms with van der Waals surface area (Å²) in [6.07, 6.45) is 1.78. The minimum atomic E-state index is -1.01. The molecule has 1 amide bonds. The van der Waals surface area contributed by atoms with Gasteiger partial charge in [-0.05, 0) is 49.2 Å². The fraction of sp³-hybridized carbons (Fsp3) is 0.150. The van der Waals surface area contributed by atoms with Crippen molar-refractivity contribution in [3.63, 3.8) is 0 Å². The summed E-state index contributed by atoms with van der Waals surface area (Å²) in [5.74, 6) is -1.18. The average molecular weight is 369 g/mol. The number of hydrogen-bond donors (Lipinski definition) is 1. The average Bonchev–Trinajstić information content (AvgIpc) is 2.63. The number of carbonyl (C=O) groups excluding carboxylic acids is 2. The van der Waals surface area contributed by atoms with Gasteiger partial charge in [-0.25, -0.2) is 4.79 Å². The maximum Gasteiger partial charge on any atom is 0.331 e. The number of benzene rings is 2. The van der Waals surface area contributed by atoms with Gasteiger partial charge in [-0.2, -0.15) is 5.26 Å². The molecule has 0 aliphatic carbocycles. The van der Waals surface area contributed by atoms with Gasteiger partial charge in [0, 0.05) is 11.1 Å². The Labute approximate surface area is 156 Å². The lowest BCUT2D eigenvalue weighted by atomic mass is 10.1. The Kier molecular flexibility index (Phi) is 6.54. The number of esters is 1. The zero-order chi connectivity index (χ0) is 19.1. The van der Waals surface area contributed by atoms with Crippen LogP contribution < -0.4 is 5.32 Å². The number of carbonyl (C=O) groups is 2. The molecule has 0 radical (unpaired) electrons. The van der Waals surface area contributed by atoms with Gasteiger partial charge in [-0.15, -0.1) is 0 Å². The van der Waals surface area contributed by atoms with Crippen LogP contribution in [0.1, 0.15) is 23.6 Å². The fourth-order valence-corrected chi connectivity index (χ4v) is 2.26. The highest BCUT2D eigenvalue weighted by molar-refractivity contribution is 6.31. The molecule has 26 heavy (non-hydrogen) atoms. The molecule has 0 spiro atoms. The molecule has 0 aromatic heterocycles. The molecule has 6 heteroatoms. The Morgan fingerprint density at radius 3 is 2.69 bits per heavy atom. The number of aryl methyl sites for hydroxylation is 1. The molecule has 2 aromatic carbocycles. The van der Waals surface area contributed by atoms with Crippen LogP contribution in [-0.4, -0.2) is 18.0 Å². The number of amides is 1. The molecule has 0 aliphatic rings. The second-order valence-electron chi connectivity index (χ2n) is 5.57. The molecule has 0 fully saturated rings. The van der Waals surface area contributed by atoms with E-state index in [0.717, 1.165) is 11.1 Å². The lowest BCUT2D eigenvalue weighted by Crippen LogP contribution is -2.29. The number of ether oxygens (including phenoxy) is 1. The molecule has 0 unspecified atom stereocenters. The summed E-state index contributed by atoms with van der Waals surface area (Å²) in [5.41, 5.74) is 2.38. The van der Waals surface area contributed by atoms with Gasteiger partial charge in [0.15, 0.2) is 6.10 Å². The SMILES string of the molecule is Cc1ccc(/C=C/C(=O)O[C@H](C)C(=O)Nc2ccccc2C#N)cc1Cl. The van der Waals surface area contributed by atoms with E-state index >= 15 is 0 Å². The maximum absolute atomic E-state index is 12.1. The van der Waals surface area contributed by atoms with Crippen molar-refractivity contribution in [1.82, 2.24) is 0 Å². The highest BCUT2D eigenvalue weighted by atomic mass is 35.5. The topological polar surface area (TPSA) is 79.2 Å². The third kappa shape index (κ3) is 5.20. The van der Waals surface area contributed by atoms with Crippen molar-refractivity contribution in [3.05, 3.63) is 70.3 Å². The van der Waals surface area contributed by atoms with Gasteiger partial charge in [0.05, 0.1) is 11.3 Å². The zero-order valence-electron chi connectivity index (χ0n) is 14.3. The fourth-order valence-electron chi connectivity index (χ4n) is 2.07. The van der Waals surface area contributed by atoms with E-state index < -0.39 is 18.0 Å². The number of rotatable bonds is 5. The number of nitrogens with zero attached hydrogens (tertiary/aromatic N) is 1. The van der Waals surface area contributed by atoms with Crippen molar-refractivity contribution in [2.75, 3.05) is 5.32 Å². The van der Waals surface area contributed by atoms with Crippen LogP contribution in [0.5, 0.6) is 0 Å². The summed E-state index contributed by atoms with van der Waals surface area (Å²) in [6, 6.07) is 14.0. The van der Waals surface area contributed by atoms with Gasteiger partial charge in [0.1, 0.15) is 6.07 Å². The van der Waals surface area contributed by atoms with Gasteiger partial charge in [0.2, 0.25) is 0 Å². The quantitative estimate of drug-likeness (QED) is 0.636. The van der Waals surface area contributed by atoms with E-state index in [4.69, 9.17) is 21.6 Å². The van der Waals surface area contributed by atoms with Gasteiger partial charge in [0.25, 0.3) is 5.91 Å². The van der Waals surface area contributed by atoms with Crippen molar-refractivity contribution in [3.8, 4) is 6.07 Å². The van der Waals surface area contributed by atoms with Crippen molar-refractivity contribution in [2.45, 2.75) is 20.0 Å². The Hall–Kier alpha value is -3.10. The van der Waals surface area contributed by atoms with Crippen LogP contribution in [0.2, 0.25) is 5.02 Å². The Morgan fingerprint density at radius 1 is 1.27 bits per heavy atom. The molecular formula is C20H17ClN2O3. The summed E-state index contributed by atoms with van der Waals surface area (Å²) in [6.45, 7) is 3.34. The molecule has 2 aromatic rings. The highest BCUT2D eigenvalue weighted by Crippen LogP contribution is 2.18. The van der Waals surface area contributed by atoms with E-state index in [-0.39, 0.29) is 0 Å². The van der Waals surface area contributed by atoms with Crippen LogP contribution in [0.3, 0.4) is 0 Å². The molecular weight excluding hydrogens is 352 g/mol. The van der Waals surface area contributed by atoms with E-state index in [2.05, 4.69) is 5.32 Å². The number of halogens is 1. The summed E-state index contributed by atoms with van der Waals surface area (Å²) >= 11 is 6.03. The summed E-state index contributed by atoms with van der Waals surface area (Å²) < 4.78 is 5.08. The first-order valence-corrected chi connectivity index (χ1v) is 8.23. The van der Waals surface area contributed by atoms with Crippen molar-refractivity contribution in [2.24, 2.45) is 0 Å². The van der Waals surface area contributed by atoms with Crippen molar-refractivity contribution < 1.29 is 14.3 Å². The normalized spacial score (nSPS) is 11.6. The van der Waals surface area contributed by atoms with Gasteiger partial charge < -0.3 is 10.1 Å². The number of anilines is 1. The highest BCUT2D eigenvalue weighted by Gasteiger charge is 2.17. The molecule has 2 rings (SSSR count). The minimum absolute atomic E-state index is 0.329. The summed E-state index contributed by atoms with van der Waals surface area (Å²) in [4.78, 5) is 24.0. The minimum Gasteiger partial charge on any atom is -0.449 e. The first-order valence-electron chi connectivity index (χ1n) is 7.85. The van der Waals surface area contributed by atoms with Crippen LogP contribution in [0.4, 0.5) is 5.69 Å². The predicted molar refractivity (Wildman–Crippen MR) is 101 cm³/mol. The maximum atomic E-state index is 12.1.